The molecule has 0 aliphatic carbocycles. The largest absolute Gasteiger partial charge is 0.348 e. The van der Waals surface area contributed by atoms with E-state index in [1.807, 2.05) is 0 Å². The Bertz CT molecular complexity index is 127. The first-order valence-electron chi connectivity index (χ1n) is 2.75. The van der Waals surface area contributed by atoms with Gasteiger partial charge in [-0.3, -0.25) is 10.1 Å². The molecule has 0 amide bonds. The van der Waals surface area contributed by atoms with Crippen LogP contribution in [0, 0.1) is 6.23 Å². The van der Waals surface area contributed by atoms with Crippen LogP contribution < -0.4 is 5.32 Å². The van der Waals surface area contributed by atoms with Crippen LogP contribution in [-0.4, -0.2) is 18.9 Å². The fourth-order valence-electron chi connectivity index (χ4n) is 0.620. The van der Waals surface area contributed by atoms with Crippen molar-refractivity contribution in [3.63, 3.8) is 0 Å². The Morgan fingerprint density at radius 3 is 3.11 bits per heavy atom. The Kier molecular flexibility index (Phi) is 1.97. The van der Waals surface area contributed by atoms with Gasteiger partial charge in [0.2, 0.25) is 12.0 Å². The molecule has 1 fully saturated rings. The van der Waals surface area contributed by atoms with E-state index in [4.69, 9.17) is 4.74 Å². The van der Waals surface area contributed by atoms with E-state index < -0.39 is 0 Å². The molecule has 1 heterocycles. The summed E-state index contributed by atoms with van der Waals surface area (Å²) in [4.78, 5) is 10.7. The lowest BCUT2D eigenvalue weighted by atomic mass is 10.3. The van der Waals surface area contributed by atoms with Gasteiger partial charge in [0.1, 0.15) is 0 Å². The van der Waals surface area contributed by atoms with Gasteiger partial charge in [-0.15, -0.1) is 0 Å². The van der Waals surface area contributed by atoms with Crippen molar-refractivity contribution in [3.05, 3.63) is 18.9 Å². The molecule has 0 saturated carbocycles. The van der Waals surface area contributed by atoms with Crippen LogP contribution in [0.25, 0.3) is 0 Å². The van der Waals surface area contributed by atoms with E-state index in [1.54, 1.807) is 0 Å². The SMILES string of the molecule is C=CC(=O)[C]1NCCO1. The van der Waals surface area contributed by atoms with E-state index in [0.29, 0.717) is 12.8 Å². The monoisotopic (exact) mass is 126 g/mol. The van der Waals surface area contributed by atoms with Gasteiger partial charge >= 0.3 is 0 Å². The molecule has 1 radical (unpaired) electrons. The molecule has 1 aliphatic rings. The van der Waals surface area contributed by atoms with Gasteiger partial charge in [0.15, 0.2) is 0 Å². The van der Waals surface area contributed by atoms with E-state index in [9.17, 15) is 4.79 Å². The number of ketones is 1. The number of hydrogen-bond acceptors (Lipinski definition) is 3. The van der Waals surface area contributed by atoms with Crippen molar-refractivity contribution < 1.29 is 9.53 Å². The average Bonchev–Trinajstić information content (AvgIpc) is 2.37. The number of rotatable bonds is 2. The lowest BCUT2D eigenvalue weighted by Crippen LogP contribution is -2.21. The molecule has 1 N–H and O–H groups in total. The van der Waals surface area contributed by atoms with Gasteiger partial charge in [-0.25, -0.2) is 0 Å². The van der Waals surface area contributed by atoms with E-state index >= 15 is 0 Å². The summed E-state index contributed by atoms with van der Waals surface area (Å²) in [6.07, 6.45) is 1.55. The molecule has 0 aromatic carbocycles. The molecular weight excluding hydrogens is 118 g/mol. The van der Waals surface area contributed by atoms with Gasteiger partial charge in [0.05, 0.1) is 6.61 Å². The molecule has 0 bridgehead atoms. The van der Waals surface area contributed by atoms with Crippen molar-refractivity contribution in [2.24, 2.45) is 0 Å². The van der Waals surface area contributed by atoms with Crippen LogP contribution in [0.1, 0.15) is 0 Å². The number of ether oxygens (including phenoxy) is 1. The van der Waals surface area contributed by atoms with Crippen LogP contribution in [0.15, 0.2) is 12.7 Å². The van der Waals surface area contributed by atoms with Crippen LogP contribution in [0.3, 0.4) is 0 Å². The van der Waals surface area contributed by atoms with Crippen LogP contribution in [0.4, 0.5) is 0 Å². The highest BCUT2D eigenvalue weighted by Crippen LogP contribution is 2.04. The number of nitrogens with one attached hydrogen (secondary N) is 1. The molecule has 0 aromatic rings. The first-order valence-corrected chi connectivity index (χ1v) is 2.75. The zero-order valence-corrected chi connectivity index (χ0v) is 5.02. The minimum Gasteiger partial charge on any atom is -0.348 e. The second-order valence-electron chi connectivity index (χ2n) is 1.67. The molecule has 49 valence electrons. The Balaban J connectivity index is 2.41. The Morgan fingerprint density at radius 2 is 2.67 bits per heavy atom. The molecule has 1 rings (SSSR count). The summed E-state index contributed by atoms with van der Waals surface area (Å²) < 4.78 is 4.89. The Hall–Kier alpha value is -0.670. The smallest absolute Gasteiger partial charge is 0.234 e. The fourth-order valence-corrected chi connectivity index (χ4v) is 0.620. The van der Waals surface area contributed by atoms with Crippen LogP contribution in [0.5, 0.6) is 0 Å². The number of hydrogen-bond donors (Lipinski definition) is 1. The van der Waals surface area contributed by atoms with E-state index in [0.717, 1.165) is 6.54 Å². The summed E-state index contributed by atoms with van der Waals surface area (Å²) in [6.45, 7) is 4.61. The van der Waals surface area contributed by atoms with Crippen molar-refractivity contribution in [1.82, 2.24) is 5.32 Å². The average molecular weight is 126 g/mol. The topological polar surface area (TPSA) is 38.3 Å². The highest BCUT2D eigenvalue weighted by atomic mass is 16.5. The molecule has 3 heteroatoms. The molecule has 9 heavy (non-hydrogen) atoms. The first-order chi connectivity index (χ1) is 4.34. The van der Waals surface area contributed by atoms with Gasteiger partial charge < -0.3 is 4.74 Å². The van der Waals surface area contributed by atoms with Gasteiger partial charge in [-0.2, -0.15) is 0 Å². The number of carbonyl (C=O) groups excluding carboxylic acids is 1. The molecule has 0 unspecified atom stereocenters. The van der Waals surface area contributed by atoms with Crippen molar-refractivity contribution in [2.75, 3.05) is 13.2 Å². The molecule has 0 atom stereocenters. The third-order valence-corrected chi connectivity index (χ3v) is 1.04. The summed E-state index contributed by atoms with van der Waals surface area (Å²) >= 11 is 0. The minimum absolute atomic E-state index is 0.174. The fraction of sp³-hybridized carbons (Fsp3) is 0.333. The van der Waals surface area contributed by atoms with Gasteiger partial charge in [0, 0.05) is 6.54 Å². The van der Waals surface area contributed by atoms with Crippen LogP contribution in [0.2, 0.25) is 0 Å². The third kappa shape index (κ3) is 1.37. The predicted octanol–water partition coefficient (Wildman–Crippen LogP) is -0.149. The molecule has 1 aliphatic heterocycles. The standard InChI is InChI=1S/C6H8NO2/c1-2-5(8)6-7-3-4-9-6/h2,7H,1,3-4H2. The normalized spacial score (nSPS) is 20.0. The summed E-state index contributed by atoms with van der Waals surface area (Å²) in [6, 6.07) is 0. The lowest BCUT2D eigenvalue weighted by molar-refractivity contribution is -0.117. The molecule has 3 nitrogen and oxygen atoms in total. The lowest BCUT2D eigenvalue weighted by Gasteiger charge is -2.00. The molecule has 1 saturated heterocycles. The van der Waals surface area contributed by atoms with Gasteiger partial charge in [-0.1, -0.05) is 6.58 Å². The highest BCUT2D eigenvalue weighted by Gasteiger charge is 2.21. The number of carbonyl (C=O) groups is 1. The maximum absolute atomic E-state index is 10.7. The summed E-state index contributed by atoms with van der Waals surface area (Å²) in [5.41, 5.74) is 0. The predicted molar refractivity (Wildman–Crippen MR) is 32.4 cm³/mol. The van der Waals surface area contributed by atoms with E-state index in [-0.39, 0.29) is 5.78 Å². The maximum Gasteiger partial charge on any atom is 0.234 e. The van der Waals surface area contributed by atoms with E-state index in [2.05, 4.69) is 11.9 Å². The zero-order chi connectivity index (χ0) is 6.69. The second-order valence-corrected chi connectivity index (χ2v) is 1.67. The molecule has 0 aromatic heterocycles. The van der Waals surface area contributed by atoms with Gasteiger partial charge in [-0.05, 0) is 6.08 Å². The zero-order valence-electron chi connectivity index (χ0n) is 5.02. The Labute approximate surface area is 53.7 Å². The summed E-state index contributed by atoms with van der Waals surface area (Å²) in [7, 11) is 0. The molecule has 0 spiro atoms. The summed E-state index contributed by atoms with van der Waals surface area (Å²) in [5, 5.41) is 2.78. The summed E-state index contributed by atoms with van der Waals surface area (Å²) in [5.74, 6) is -0.174. The van der Waals surface area contributed by atoms with Gasteiger partial charge in [0.25, 0.3) is 0 Å². The maximum atomic E-state index is 10.7. The molecular formula is C6H8NO2. The van der Waals surface area contributed by atoms with Crippen molar-refractivity contribution in [1.29, 1.82) is 0 Å². The van der Waals surface area contributed by atoms with Crippen molar-refractivity contribution >= 4 is 5.78 Å². The van der Waals surface area contributed by atoms with Crippen molar-refractivity contribution in [3.8, 4) is 0 Å². The third-order valence-electron chi connectivity index (χ3n) is 1.04. The minimum atomic E-state index is -0.174. The van der Waals surface area contributed by atoms with Crippen molar-refractivity contribution in [2.45, 2.75) is 0 Å². The second kappa shape index (κ2) is 2.75. The quantitative estimate of drug-likeness (QED) is 0.523. The first kappa shape index (κ1) is 6.45. The highest BCUT2D eigenvalue weighted by molar-refractivity contribution is 5.98. The van der Waals surface area contributed by atoms with E-state index in [1.165, 1.54) is 6.08 Å². The van der Waals surface area contributed by atoms with Crippen LogP contribution >= 0.6 is 0 Å². The van der Waals surface area contributed by atoms with Crippen LogP contribution in [-0.2, 0) is 9.53 Å². The Morgan fingerprint density at radius 1 is 1.89 bits per heavy atom.